The second-order valence-corrected chi connectivity index (χ2v) is 4.93. The van der Waals surface area contributed by atoms with Gasteiger partial charge in [-0.15, -0.1) is 0 Å². The van der Waals surface area contributed by atoms with Crippen molar-refractivity contribution < 1.29 is 4.79 Å². The Labute approximate surface area is 91.6 Å². The van der Waals surface area contributed by atoms with Crippen molar-refractivity contribution in [3.8, 4) is 0 Å². The van der Waals surface area contributed by atoms with Crippen molar-refractivity contribution in [3.05, 3.63) is 0 Å². The summed E-state index contributed by atoms with van der Waals surface area (Å²) in [5.41, 5.74) is 0. The molecule has 86 valence electrons. The minimum atomic E-state index is 0.349. The van der Waals surface area contributed by atoms with E-state index < -0.39 is 0 Å². The molecular weight excluding hydrogens is 190 g/mol. The summed E-state index contributed by atoms with van der Waals surface area (Å²) in [7, 11) is 2.12. The van der Waals surface area contributed by atoms with E-state index in [0.29, 0.717) is 17.9 Å². The molecular formula is C11H21N3O. The summed E-state index contributed by atoms with van der Waals surface area (Å²) in [5, 5.41) is 3.21. The third-order valence-corrected chi connectivity index (χ3v) is 3.48. The van der Waals surface area contributed by atoms with Crippen LogP contribution in [-0.4, -0.2) is 61.5 Å². The lowest BCUT2D eigenvalue weighted by molar-refractivity contribution is -0.136. The molecule has 4 heteroatoms. The molecule has 0 aromatic rings. The van der Waals surface area contributed by atoms with Crippen LogP contribution >= 0.6 is 0 Å². The minimum absolute atomic E-state index is 0.349. The van der Waals surface area contributed by atoms with Gasteiger partial charge in [-0.05, 0) is 33.0 Å². The lowest BCUT2D eigenvalue weighted by Gasteiger charge is -2.39. The molecule has 0 aromatic carbocycles. The maximum atomic E-state index is 12.0. The molecule has 2 aliphatic heterocycles. The van der Waals surface area contributed by atoms with Crippen molar-refractivity contribution in [1.29, 1.82) is 0 Å². The normalized spacial score (nSPS) is 28.9. The maximum absolute atomic E-state index is 12.0. The molecule has 1 N–H and O–H groups in total. The van der Waals surface area contributed by atoms with Crippen LogP contribution in [0.3, 0.4) is 0 Å². The van der Waals surface area contributed by atoms with Gasteiger partial charge in [-0.2, -0.15) is 0 Å². The Morgan fingerprint density at radius 1 is 1.40 bits per heavy atom. The molecule has 2 fully saturated rings. The summed E-state index contributed by atoms with van der Waals surface area (Å²) in [6.07, 6.45) is 0.737. The van der Waals surface area contributed by atoms with E-state index in [1.165, 1.54) is 0 Å². The Bertz CT molecular complexity index is 240. The maximum Gasteiger partial charge on any atom is 0.223 e. The van der Waals surface area contributed by atoms with Gasteiger partial charge in [0.25, 0.3) is 0 Å². The molecule has 2 saturated heterocycles. The summed E-state index contributed by atoms with van der Waals surface area (Å²) in [6, 6.07) is 0.379. The van der Waals surface area contributed by atoms with Crippen molar-refractivity contribution in [2.24, 2.45) is 5.92 Å². The van der Waals surface area contributed by atoms with Gasteiger partial charge in [-0.3, -0.25) is 4.79 Å². The molecule has 0 aromatic heterocycles. The van der Waals surface area contributed by atoms with Gasteiger partial charge in [0.15, 0.2) is 0 Å². The number of amides is 1. The van der Waals surface area contributed by atoms with Crippen molar-refractivity contribution in [3.63, 3.8) is 0 Å². The number of carbonyl (C=O) groups excluding carboxylic acids is 1. The van der Waals surface area contributed by atoms with Crippen molar-refractivity contribution in [2.75, 3.05) is 39.8 Å². The highest BCUT2D eigenvalue weighted by molar-refractivity contribution is 5.77. The zero-order chi connectivity index (χ0) is 10.8. The number of hydrogen-bond acceptors (Lipinski definition) is 3. The molecule has 2 heterocycles. The van der Waals surface area contributed by atoms with Crippen LogP contribution in [0.2, 0.25) is 0 Å². The molecule has 2 rings (SSSR count). The first kappa shape index (κ1) is 10.9. The first-order valence-electron chi connectivity index (χ1n) is 5.85. The lowest BCUT2D eigenvalue weighted by Crippen LogP contribution is -2.54. The van der Waals surface area contributed by atoms with E-state index in [-0.39, 0.29) is 0 Å². The molecule has 0 spiro atoms. The predicted octanol–water partition coefficient (Wildman–Crippen LogP) is -0.242. The van der Waals surface area contributed by atoms with Gasteiger partial charge in [0, 0.05) is 32.1 Å². The molecule has 1 atom stereocenters. The summed E-state index contributed by atoms with van der Waals surface area (Å²) in [4.78, 5) is 16.3. The number of carbonyl (C=O) groups is 1. The highest BCUT2D eigenvalue weighted by atomic mass is 16.2. The number of hydrogen-bond donors (Lipinski definition) is 1. The summed E-state index contributed by atoms with van der Waals surface area (Å²) in [5.74, 6) is 0.937. The highest BCUT2D eigenvalue weighted by Crippen LogP contribution is 2.14. The average molecular weight is 211 g/mol. The van der Waals surface area contributed by atoms with Gasteiger partial charge in [-0.1, -0.05) is 0 Å². The first-order chi connectivity index (χ1) is 7.16. The van der Waals surface area contributed by atoms with Crippen LogP contribution in [0.1, 0.15) is 13.3 Å². The topological polar surface area (TPSA) is 35.6 Å². The number of piperazine rings is 1. The molecule has 0 radical (unpaired) electrons. The average Bonchev–Trinajstić information content (AvgIpc) is 2.11. The largest absolute Gasteiger partial charge is 0.337 e. The zero-order valence-electron chi connectivity index (χ0n) is 9.70. The van der Waals surface area contributed by atoms with Gasteiger partial charge in [-0.25, -0.2) is 0 Å². The second-order valence-electron chi connectivity index (χ2n) is 4.93. The molecule has 1 amide bonds. The SMILES string of the molecule is CC1CN(C)CCN1C(=O)CC1CNC1. The minimum Gasteiger partial charge on any atom is -0.337 e. The summed E-state index contributed by atoms with van der Waals surface area (Å²) < 4.78 is 0. The zero-order valence-corrected chi connectivity index (χ0v) is 9.70. The fourth-order valence-electron chi connectivity index (χ4n) is 2.37. The third kappa shape index (κ3) is 2.49. The quantitative estimate of drug-likeness (QED) is 0.684. The van der Waals surface area contributed by atoms with E-state index in [9.17, 15) is 4.79 Å². The van der Waals surface area contributed by atoms with Gasteiger partial charge in [0.2, 0.25) is 5.91 Å². The van der Waals surface area contributed by atoms with Gasteiger partial charge >= 0.3 is 0 Å². The molecule has 2 aliphatic rings. The number of likely N-dealkylation sites (N-methyl/N-ethyl adjacent to an activating group) is 1. The van der Waals surface area contributed by atoms with E-state index in [4.69, 9.17) is 0 Å². The Morgan fingerprint density at radius 2 is 2.13 bits per heavy atom. The Hall–Kier alpha value is -0.610. The first-order valence-corrected chi connectivity index (χ1v) is 5.85. The number of nitrogens with one attached hydrogen (secondary N) is 1. The van der Waals surface area contributed by atoms with Crippen molar-refractivity contribution >= 4 is 5.91 Å². The van der Waals surface area contributed by atoms with E-state index in [1.54, 1.807) is 0 Å². The Kier molecular flexibility index (Phi) is 3.26. The van der Waals surface area contributed by atoms with Crippen molar-refractivity contribution in [2.45, 2.75) is 19.4 Å². The van der Waals surface area contributed by atoms with E-state index in [1.807, 2.05) is 0 Å². The Morgan fingerprint density at radius 3 is 2.67 bits per heavy atom. The number of rotatable bonds is 2. The fraction of sp³-hybridized carbons (Fsp3) is 0.909. The third-order valence-electron chi connectivity index (χ3n) is 3.48. The van der Waals surface area contributed by atoms with Crippen LogP contribution in [-0.2, 0) is 4.79 Å². The highest BCUT2D eigenvalue weighted by Gasteiger charge is 2.28. The van der Waals surface area contributed by atoms with Crippen LogP contribution in [0.25, 0.3) is 0 Å². The second kappa shape index (κ2) is 4.49. The van der Waals surface area contributed by atoms with E-state index >= 15 is 0 Å². The lowest BCUT2D eigenvalue weighted by atomic mass is 9.98. The van der Waals surface area contributed by atoms with Crippen LogP contribution in [0, 0.1) is 5.92 Å². The van der Waals surface area contributed by atoms with Crippen LogP contribution in [0.4, 0.5) is 0 Å². The van der Waals surface area contributed by atoms with Crippen molar-refractivity contribution in [1.82, 2.24) is 15.1 Å². The smallest absolute Gasteiger partial charge is 0.223 e. The van der Waals surface area contributed by atoms with Crippen LogP contribution < -0.4 is 5.32 Å². The Balaban J connectivity index is 1.83. The molecule has 0 bridgehead atoms. The summed E-state index contributed by atoms with van der Waals surface area (Å²) >= 11 is 0. The number of nitrogens with zero attached hydrogens (tertiary/aromatic N) is 2. The summed E-state index contributed by atoms with van der Waals surface area (Å²) in [6.45, 7) is 7.11. The monoisotopic (exact) mass is 211 g/mol. The molecule has 0 saturated carbocycles. The van der Waals surface area contributed by atoms with Gasteiger partial charge in [0.05, 0.1) is 0 Å². The predicted molar refractivity (Wildman–Crippen MR) is 59.6 cm³/mol. The molecule has 0 aliphatic carbocycles. The van der Waals surface area contributed by atoms with Crippen LogP contribution in [0.5, 0.6) is 0 Å². The molecule has 15 heavy (non-hydrogen) atoms. The van der Waals surface area contributed by atoms with E-state index in [0.717, 1.165) is 39.1 Å². The van der Waals surface area contributed by atoms with Gasteiger partial charge < -0.3 is 15.1 Å². The van der Waals surface area contributed by atoms with Crippen LogP contribution in [0.15, 0.2) is 0 Å². The molecule has 1 unspecified atom stereocenters. The van der Waals surface area contributed by atoms with Gasteiger partial charge in [0.1, 0.15) is 0 Å². The molecule has 4 nitrogen and oxygen atoms in total. The van der Waals surface area contributed by atoms with E-state index in [2.05, 4.69) is 29.1 Å². The standard InChI is InChI=1S/C11H21N3O/c1-9-8-13(2)3-4-14(9)11(15)5-10-6-12-7-10/h9-10,12H,3-8H2,1-2H3. The fourth-order valence-corrected chi connectivity index (χ4v) is 2.37.